The SMILES string of the molecule is Cc1cccc(CC(=O)N2CCN(c3nc4ccncc4n(CC(C)C)c3=O)CC2)c1. The van der Waals surface area contributed by atoms with Gasteiger partial charge in [-0.15, -0.1) is 0 Å². The number of piperazine rings is 1. The number of carbonyl (C=O) groups excluding carboxylic acids is 1. The van der Waals surface area contributed by atoms with Crippen LogP contribution in [0.15, 0.2) is 47.5 Å². The summed E-state index contributed by atoms with van der Waals surface area (Å²) < 4.78 is 1.78. The lowest BCUT2D eigenvalue weighted by molar-refractivity contribution is -0.130. The molecule has 1 amide bonds. The number of amides is 1. The van der Waals surface area contributed by atoms with Gasteiger partial charge >= 0.3 is 0 Å². The molecule has 4 rings (SSSR count). The van der Waals surface area contributed by atoms with E-state index in [9.17, 15) is 9.59 Å². The van der Waals surface area contributed by atoms with Crippen molar-refractivity contribution in [3.8, 4) is 0 Å². The molecule has 7 nitrogen and oxygen atoms in total. The number of pyridine rings is 1. The van der Waals surface area contributed by atoms with Gasteiger partial charge in [-0.3, -0.25) is 14.6 Å². The van der Waals surface area contributed by atoms with E-state index in [1.54, 1.807) is 17.0 Å². The second-order valence-corrected chi connectivity index (χ2v) is 8.64. The molecule has 0 atom stereocenters. The Kier molecular flexibility index (Phi) is 6.02. The van der Waals surface area contributed by atoms with Crippen LogP contribution in [0.5, 0.6) is 0 Å². The maximum absolute atomic E-state index is 13.3. The number of carbonyl (C=O) groups is 1. The molecule has 0 N–H and O–H groups in total. The third-order valence-corrected chi connectivity index (χ3v) is 5.65. The molecule has 0 unspecified atom stereocenters. The molecule has 2 aromatic heterocycles. The Morgan fingerprint density at radius 1 is 1.13 bits per heavy atom. The summed E-state index contributed by atoms with van der Waals surface area (Å²) in [4.78, 5) is 38.7. The van der Waals surface area contributed by atoms with E-state index >= 15 is 0 Å². The quantitative estimate of drug-likeness (QED) is 0.636. The second-order valence-electron chi connectivity index (χ2n) is 8.64. The van der Waals surface area contributed by atoms with Crippen molar-refractivity contribution >= 4 is 22.8 Å². The zero-order chi connectivity index (χ0) is 22.0. The van der Waals surface area contributed by atoms with Gasteiger partial charge in [0.25, 0.3) is 5.56 Å². The molecule has 1 aliphatic rings. The minimum absolute atomic E-state index is 0.0891. The summed E-state index contributed by atoms with van der Waals surface area (Å²) in [6, 6.07) is 9.91. The van der Waals surface area contributed by atoms with Crippen LogP contribution in [0.2, 0.25) is 0 Å². The normalized spacial score (nSPS) is 14.5. The van der Waals surface area contributed by atoms with Crippen molar-refractivity contribution in [2.75, 3.05) is 31.1 Å². The lowest BCUT2D eigenvalue weighted by atomic mass is 10.1. The third-order valence-electron chi connectivity index (χ3n) is 5.65. The first kappa shape index (κ1) is 21.0. The molecule has 1 fully saturated rings. The Bertz CT molecular complexity index is 1150. The van der Waals surface area contributed by atoms with Gasteiger partial charge in [-0.05, 0) is 24.5 Å². The van der Waals surface area contributed by atoms with Gasteiger partial charge in [0.15, 0.2) is 5.82 Å². The molecule has 0 aliphatic carbocycles. The maximum Gasteiger partial charge on any atom is 0.294 e. The van der Waals surface area contributed by atoms with Gasteiger partial charge in [0.2, 0.25) is 5.91 Å². The van der Waals surface area contributed by atoms with Gasteiger partial charge in [0.1, 0.15) is 0 Å². The van der Waals surface area contributed by atoms with E-state index in [1.807, 2.05) is 41.0 Å². The highest BCUT2D eigenvalue weighted by Gasteiger charge is 2.25. The summed E-state index contributed by atoms with van der Waals surface area (Å²) in [5.41, 5.74) is 3.63. The largest absolute Gasteiger partial charge is 0.348 e. The first-order valence-corrected chi connectivity index (χ1v) is 10.8. The van der Waals surface area contributed by atoms with E-state index in [2.05, 4.69) is 29.9 Å². The molecule has 7 heteroatoms. The predicted molar refractivity (Wildman–Crippen MR) is 122 cm³/mol. The van der Waals surface area contributed by atoms with Crippen LogP contribution in [0.25, 0.3) is 11.0 Å². The molecule has 0 spiro atoms. The van der Waals surface area contributed by atoms with Crippen LogP contribution in [0.4, 0.5) is 5.82 Å². The number of rotatable bonds is 5. The molecule has 0 saturated carbocycles. The van der Waals surface area contributed by atoms with Crippen LogP contribution in [-0.2, 0) is 17.8 Å². The highest BCUT2D eigenvalue weighted by atomic mass is 16.2. The monoisotopic (exact) mass is 419 g/mol. The smallest absolute Gasteiger partial charge is 0.294 e. The fourth-order valence-corrected chi connectivity index (χ4v) is 4.10. The molecule has 1 aliphatic heterocycles. The molecule has 31 heavy (non-hydrogen) atoms. The van der Waals surface area contributed by atoms with E-state index in [1.165, 1.54) is 0 Å². The van der Waals surface area contributed by atoms with Crippen molar-refractivity contribution in [3.05, 3.63) is 64.2 Å². The van der Waals surface area contributed by atoms with Crippen LogP contribution in [0.3, 0.4) is 0 Å². The fourth-order valence-electron chi connectivity index (χ4n) is 4.10. The first-order valence-electron chi connectivity index (χ1n) is 10.8. The number of anilines is 1. The standard InChI is InChI=1S/C24H29N5O2/c1-17(2)16-29-21-15-25-8-7-20(21)26-23(24(29)31)28-11-9-27(10-12-28)22(30)14-19-6-4-5-18(3)13-19/h4-8,13,15,17H,9-12,14,16H2,1-3H3. The zero-order valence-corrected chi connectivity index (χ0v) is 18.4. The molecule has 3 aromatic rings. The Hall–Kier alpha value is -3.22. The average molecular weight is 420 g/mol. The molecule has 3 heterocycles. The van der Waals surface area contributed by atoms with E-state index in [4.69, 9.17) is 0 Å². The highest BCUT2D eigenvalue weighted by Crippen LogP contribution is 2.17. The number of hydrogen-bond acceptors (Lipinski definition) is 5. The number of nitrogens with zero attached hydrogens (tertiary/aromatic N) is 5. The van der Waals surface area contributed by atoms with Crippen LogP contribution in [-0.4, -0.2) is 51.5 Å². The lowest BCUT2D eigenvalue weighted by Crippen LogP contribution is -2.51. The molecular formula is C24H29N5O2. The Morgan fingerprint density at radius 3 is 2.61 bits per heavy atom. The van der Waals surface area contributed by atoms with E-state index in [0.717, 1.165) is 22.2 Å². The molecule has 1 saturated heterocycles. The van der Waals surface area contributed by atoms with Crippen molar-refractivity contribution in [2.24, 2.45) is 5.92 Å². The Balaban J connectivity index is 1.51. The van der Waals surface area contributed by atoms with Crippen LogP contribution < -0.4 is 10.5 Å². The molecule has 1 aromatic carbocycles. The Morgan fingerprint density at radius 2 is 1.90 bits per heavy atom. The number of fused-ring (bicyclic) bond motifs is 1. The van der Waals surface area contributed by atoms with Gasteiger partial charge in [0, 0.05) is 38.9 Å². The number of benzene rings is 1. The van der Waals surface area contributed by atoms with Crippen molar-refractivity contribution in [2.45, 2.75) is 33.7 Å². The Labute approximate surface area is 182 Å². The van der Waals surface area contributed by atoms with Crippen molar-refractivity contribution in [1.29, 1.82) is 0 Å². The van der Waals surface area contributed by atoms with Gasteiger partial charge in [0.05, 0.1) is 23.7 Å². The minimum Gasteiger partial charge on any atom is -0.348 e. The fraction of sp³-hybridized carbons (Fsp3) is 0.417. The summed E-state index contributed by atoms with van der Waals surface area (Å²) in [5.74, 6) is 0.914. The summed E-state index contributed by atoms with van der Waals surface area (Å²) >= 11 is 0. The van der Waals surface area contributed by atoms with E-state index in [-0.39, 0.29) is 11.5 Å². The topological polar surface area (TPSA) is 71.3 Å². The number of hydrogen-bond donors (Lipinski definition) is 0. The molecule has 162 valence electrons. The van der Waals surface area contributed by atoms with Crippen LogP contribution in [0.1, 0.15) is 25.0 Å². The van der Waals surface area contributed by atoms with Crippen LogP contribution >= 0.6 is 0 Å². The van der Waals surface area contributed by atoms with Gasteiger partial charge in [-0.1, -0.05) is 43.7 Å². The predicted octanol–water partition coefficient (Wildman–Crippen LogP) is 2.65. The summed E-state index contributed by atoms with van der Waals surface area (Å²) in [7, 11) is 0. The average Bonchev–Trinajstić information content (AvgIpc) is 2.75. The molecular weight excluding hydrogens is 390 g/mol. The summed E-state index contributed by atoms with van der Waals surface area (Å²) in [6.07, 6.45) is 3.81. The van der Waals surface area contributed by atoms with Gasteiger partial charge < -0.3 is 14.4 Å². The first-order chi connectivity index (χ1) is 14.9. The van der Waals surface area contributed by atoms with E-state index in [0.29, 0.717) is 50.9 Å². The van der Waals surface area contributed by atoms with Gasteiger partial charge in [-0.25, -0.2) is 4.98 Å². The lowest BCUT2D eigenvalue weighted by Gasteiger charge is -2.35. The van der Waals surface area contributed by atoms with Crippen LogP contribution in [0, 0.1) is 12.8 Å². The number of aromatic nitrogens is 3. The third kappa shape index (κ3) is 4.60. The minimum atomic E-state index is -0.0891. The maximum atomic E-state index is 13.3. The van der Waals surface area contributed by atoms with Crippen molar-refractivity contribution in [3.63, 3.8) is 0 Å². The number of aryl methyl sites for hydroxylation is 1. The molecule has 0 radical (unpaired) electrons. The van der Waals surface area contributed by atoms with Crippen molar-refractivity contribution in [1.82, 2.24) is 19.4 Å². The van der Waals surface area contributed by atoms with E-state index < -0.39 is 0 Å². The summed E-state index contributed by atoms with van der Waals surface area (Å²) in [6.45, 7) is 9.20. The highest BCUT2D eigenvalue weighted by molar-refractivity contribution is 5.79. The van der Waals surface area contributed by atoms with Gasteiger partial charge in [-0.2, -0.15) is 0 Å². The summed E-state index contributed by atoms with van der Waals surface area (Å²) in [5, 5.41) is 0. The second kappa shape index (κ2) is 8.88. The molecule has 0 bridgehead atoms. The zero-order valence-electron chi connectivity index (χ0n) is 18.4. The van der Waals surface area contributed by atoms with Crippen molar-refractivity contribution < 1.29 is 4.79 Å².